The van der Waals surface area contributed by atoms with Crippen molar-refractivity contribution in [3.8, 4) is 0 Å². The van der Waals surface area contributed by atoms with Crippen molar-refractivity contribution in [2.75, 3.05) is 19.6 Å². The summed E-state index contributed by atoms with van der Waals surface area (Å²) in [6, 6.07) is -5.70. The molecule has 0 aliphatic heterocycles. The molecule has 0 saturated carbocycles. The van der Waals surface area contributed by atoms with Crippen LogP contribution in [0.25, 0.3) is 0 Å². The van der Waals surface area contributed by atoms with Crippen molar-refractivity contribution in [2.24, 2.45) is 82.9 Å². The van der Waals surface area contributed by atoms with E-state index in [0.717, 1.165) is 6.42 Å². The minimum absolute atomic E-state index is 0.000832. The van der Waals surface area contributed by atoms with E-state index >= 15 is 0 Å². The van der Waals surface area contributed by atoms with E-state index in [4.69, 9.17) is 4.74 Å². The Kier molecular flexibility index (Phi) is 48.3. The van der Waals surface area contributed by atoms with Gasteiger partial charge in [-0.2, -0.15) is 0 Å². The zero-order valence-electron chi connectivity index (χ0n) is 70.6. The summed E-state index contributed by atoms with van der Waals surface area (Å²) >= 11 is 0. The van der Waals surface area contributed by atoms with Crippen LogP contribution < -0.4 is 53.2 Å². The average molecular weight is 1510 g/mol. The number of carbonyl (C=O) groups is 14. The van der Waals surface area contributed by atoms with E-state index in [2.05, 4.69) is 80.9 Å². The maximum absolute atomic E-state index is 14.2. The van der Waals surface area contributed by atoms with Gasteiger partial charge in [-0.05, 0) is 158 Å². The lowest BCUT2D eigenvalue weighted by molar-refractivity contribution is -0.135. The number of Topliss-reactive ketones (excluding diaryl/α,β-unsaturated/α-hetero) is 7. The SMILES string of the molecule is CC(=O)CC[C@H](CC(C)C)NC(=O)NC[C@H](C)CC(=O)CC[C@@H](NC(=O)NC[C@@H](CC(=O)CC[C@H](C)NC(=O)NC[C@@H](CC(=O)[C@H](CC(C)C)NC(=O)[C@H](C)CC(=O)[C@H](CC(C)C)NC(=O)[C@H](C)CC(=O)[C@H](CC(C)C)NC(=O)[C@H](C)CC(=O)[C@H](CC(C)C)NC(=O)OC(C)(C)C)C(C)C)CC(C)C)C(C)C. The molecule has 0 saturated heterocycles. The summed E-state index contributed by atoms with van der Waals surface area (Å²) in [6.07, 6.45) is 3.92. The van der Waals surface area contributed by atoms with Gasteiger partial charge in [-0.25, -0.2) is 19.2 Å². The van der Waals surface area contributed by atoms with Gasteiger partial charge < -0.3 is 62.7 Å². The van der Waals surface area contributed by atoms with Crippen molar-refractivity contribution in [3.05, 3.63) is 0 Å². The van der Waals surface area contributed by atoms with Gasteiger partial charge in [0.05, 0.1) is 24.2 Å². The van der Waals surface area contributed by atoms with Crippen LogP contribution in [0.4, 0.5) is 19.2 Å². The fraction of sp³-hybridized carbons (Fsp3) is 0.829. The molecule has 25 nitrogen and oxygen atoms in total. The zero-order valence-corrected chi connectivity index (χ0v) is 70.6. The molecule has 0 aliphatic carbocycles. The van der Waals surface area contributed by atoms with Crippen LogP contribution in [0.1, 0.15) is 289 Å². The second-order valence-electron chi connectivity index (χ2n) is 35.3. The van der Waals surface area contributed by atoms with Crippen LogP contribution in [0.2, 0.25) is 0 Å². The van der Waals surface area contributed by atoms with Gasteiger partial charge in [0.15, 0.2) is 23.1 Å². The summed E-state index contributed by atoms with van der Waals surface area (Å²) < 4.78 is 5.38. The van der Waals surface area contributed by atoms with Crippen molar-refractivity contribution < 1.29 is 71.9 Å². The molecule has 0 spiro atoms. The molecule has 0 aromatic rings. The summed E-state index contributed by atoms with van der Waals surface area (Å²) in [5.74, 6) is -5.56. The molecule has 107 heavy (non-hydrogen) atoms. The molecule has 10 N–H and O–H groups in total. The predicted molar refractivity (Wildman–Crippen MR) is 422 cm³/mol. The zero-order chi connectivity index (χ0) is 82.3. The highest BCUT2D eigenvalue weighted by Gasteiger charge is 2.35. The topological polar surface area (TPSA) is 369 Å². The van der Waals surface area contributed by atoms with Crippen LogP contribution in [0.3, 0.4) is 0 Å². The minimum atomic E-state index is -0.993. The quantitative estimate of drug-likeness (QED) is 0.0270. The number of ether oxygens (including phenoxy) is 1. The highest BCUT2D eigenvalue weighted by molar-refractivity contribution is 5.97. The number of urea groups is 3. The number of hydrogen-bond acceptors (Lipinski definition) is 15. The largest absolute Gasteiger partial charge is 0.444 e. The lowest BCUT2D eigenvalue weighted by Crippen LogP contribution is -2.49. The number of amides is 10. The summed E-state index contributed by atoms with van der Waals surface area (Å²) in [5, 5.41) is 28.9. The van der Waals surface area contributed by atoms with Gasteiger partial charge in [-0.15, -0.1) is 0 Å². The normalized spacial score (nSPS) is 15.5. The molecular formula is C82H148N10O15. The highest BCUT2D eigenvalue weighted by Crippen LogP contribution is 2.24. The second-order valence-corrected chi connectivity index (χ2v) is 35.3. The third-order valence-electron chi connectivity index (χ3n) is 18.9. The van der Waals surface area contributed by atoms with Crippen LogP contribution in [-0.4, -0.2) is 150 Å². The van der Waals surface area contributed by atoms with Crippen molar-refractivity contribution >= 4 is 82.4 Å². The molecule has 0 rings (SSSR count). The Morgan fingerprint density at radius 1 is 0.346 bits per heavy atom. The van der Waals surface area contributed by atoms with Crippen LogP contribution >= 0.6 is 0 Å². The van der Waals surface area contributed by atoms with Crippen LogP contribution in [0.15, 0.2) is 0 Å². The van der Waals surface area contributed by atoms with Crippen molar-refractivity contribution in [3.63, 3.8) is 0 Å². The van der Waals surface area contributed by atoms with Gasteiger partial charge in [-0.3, -0.25) is 43.2 Å². The molecule has 0 bridgehead atoms. The Morgan fingerprint density at radius 3 is 1.12 bits per heavy atom. The number of rotatable bonds is 55. The molecule has 0 radical (unpaired) electrons. The first-order valence-corrected chi connectivity index (χ1v) is 40.1. The Balaban J connectivity index is 5.63. The lowest BCUT2D eigenvalue weighted by Gasteiger charge is -2.27. The van der Waals surface area contributed by atoms with Gasteiger partial charge in [0.1, 0.15) is 23.0 Å². The Bertz CT molecular complexity index is 2810. The van der Waals surface area contributed by atoms with E-state index in [9.17, 15) is 67.1 Å². The van der Waals surface area contributed by atoms with Crippen LogP contribution in [-0.2, 0) is 52.7 Å². The number of nitrogens with one attached hydrogen (secondary N) is 10. The molecule has 0 unspecified atom stereocenters. The standard InChI is InChI=1S/C82H148N10O15/c1-47(2)32-61(45-84-80(105)91-66(54(15)16)31-30-64(94)38-55(17)44-83-79(104)87-63(33-48(3)4)28-27-60(22)93)42-65(95)29-26-59(21)86-78(103)85-46-62(53(13)14)43-74(99)69(36-51(9)10)90-77(102)57(19)40-72(97)67(34-49(5)6)88-75(100)56(18)39-71(96)68(35-50(7)8)89-76(101)58(20)41-73(98)70(37-52(11)12)92-81(106)107-82(23,24)25/h47-59,61-63,66-70H,26-46H2,1-25H3,(H,88,100)(H,89,101)(H,90,102)(H,92,106)(H2,83,87,104)(H2,84,91,105)(H2,85,86,103)/t55-,56-,57-,58-,59+,61-,62-,63-,66-,67+,68+,69+,70+/m1/s1. The summed E-state index contributed by atoms with van der Waals surface area (Å²) in [4.78, 5) is 187. The van der Waals surface area contributed by atoms with Gasteiger partial charge in [-0.1, -0.05) is 138 Å². The maximum Gasteiger partial charge on any atom is 0.408 e. The Morgan fingerprint density at radius 2 is 0.720 bits per heavy atom. The highest BCUT2D eigenvalue weighted by atomic mass is 16.6. The summed E-state index contributed by atoms with van der Waals surface area (Å²) in [5.41, 5.74) is -0.787. The number of ketones is 7. The van der Waals surface area contributed by atoms with Crippen molar-refractivity contribution in [1.29, 1.82) is 0 Å². The van der Waals surface area contributed by atoms with Crippen molar-refractivity contribution in [1.82, 2.24) is 53.2 Å². The third kappa shape index (κ3) is 47.7. The summed E-state index contributed by atoms with van der Waals surface area (Å²) in [7, 11) is 0. The first-order chi connectivity index (χ1) is 49.5. The molecular weight excluding hydrogens is 1360 g/mol. The first kappa shape index (κ1) is 100. The Hall–Kier alpha value is -6.82. The van der Waals surface area contributed by atoms with Gasteiger partial charge in [0.2, 0.25) is 17.7 Å². The van der Waals surface area contributed by atoms with E-state index in [-0.39, 0.29) is 196 Å². The minimum Gasteiger partial charge on any atom is -0.444 e. The fourth-order valence-electron chi connectivity index (χ4n) is 12.8. The second kappa shape index (κ2) is 51.6. The molecule has 13 atom stereocenters. The molecule has 10 amide bonds. The molecule has 0 fully saturated rings. The van der Waals surface area contributed by atoms with E-state index in [0.29, 0.717) is 57.4 Å². The molecule has 25 heteroatoms. The van der Waals surface area contributed by atoms with Gasteiger partial charge in [0, 0.05) is 113 Å². The lowest BCUT2D eigenvalue weighted by atomic mass is 9.86. The number of alkyl carbamates (subject to hydrolysis) is 1. The summed E-state index contributed by atoms with van der Waals surface area (Å²) in [6.45, 7) is 47.2. The molecule has 0 heterocycles. The van der Waals surface area contributed by atoms with Gasteiger partial charge in [0.25, 0.3) is 0 Å². The molecule has 0 aromatic heterocycles. The van der Waals surface area contributed by atoms with E-state index in [1.165, 1.54) is 6.92 Å². The first-order valence-electron chi connectivity index (χ1n) is 40.1. The maximum atomic E-state index is 14.2. The molecule has 0 aliphatic rings. The van der Waals surface area contributed by atoms with E-state index in [1.807, 2.05) is 96.9 Å². The molecule has 0 aromatic carbocycles. The third-order valence-corrected chi connectivity index (χ3v) is 18.9. The average Bonchev–Trinajstić information content (AvgIpc) is 0.869. The van der Waals surface area contributed by atoms with Crippen LogP contribution in [0.5, 0.6) is 0 Å². The van der Waals surface area contributed by atoms with E-state index < -0.39 is 88.9 Å². The number of hydrogen-bond donors (Lipinski definition) is 10. The van der Waals surface area contributed by atoms with Gasteiger partial charge >= 0.3 is 24.2 Å². The van der Waals surface area contributed by atoms with Crippen LogP contribution in [0, 0.1) is 82.9 Å². The monoisotopic (exact) mass is 1510 g/mol. The number of carbonyl (C=O) groups excluding carboxylic acids is 14. The molecule has 616 valence electrons. The van der Waals surface area contributed by atoms with E-state index in [1.54, 1.807) is 41.5 Å². The predicted octanol–water partition coefficient (Wildman–Crippen LogP) is 12.4. The smallest absolute Gasteiger partial charge is 0.408 e. The fourth-order valence-corrected chi connectivity index (χ4v) is 12.8. The van der Waals surface area contributed by atoms with Crippen molar-refractivity contribution in [2.45, 2.75) is 337 Å². The Labute approximate surface area is 643 Å².